The van der Waals surface area contributed by atoms with Gasteiger partial charge in [-0.15, -0.1) is 0 Å². The lowest BCUT2D eigenvalue weighted by Crippen LogP contribution is -2.40. The van der Waals surface area contributed by atoms with Crippen LogP contribution in [0.2, 0.25) is 5.02 Å². The van der Waals surface area contributed by atoms with Crippen LogP contribution in [-0.2, 0) is 4.79 Å². The van der Waals surface area contributed by atoms with Crippen LogP contribution < -0.4 is 5.32 Å². The Morgan fingerprint density at radius 2 is 1.76 bits per heavy atom. The average Bonchev–Trinajstić information content (AvgIpc) is 2.91. The van der Waals surface area contributed by atoms with Crippen molar-refractivity contribution < 1.29 is 14.7 Å². The van der Waals surface area contributed by atoms with Gasteiger partial charge in [0.2, 0.25) is 5.91 Å². The molecule has 0 aromatic heterocycles. The van der Waals surface area contributed by atoms with E-state index in [1.165, 1.54) is 0 Å². The van der Waals surface area contributed by atoms with Gasteiger partial charge in [0.1, 0.15) is 0 Å². The van der Waals surface area contributed by atoms with Gasteiger partial charge in [-0.3, -0.25) is 9.59 Å². The third-order valence-electron chi connectivity index (χ3n) is 3.89. The zero-order valence-electron chi connectivity index (χ0n) is 11.9. The summed E-state index contributed by atoms with van der Waals surface area (Å²) in [5.41, 5.74) is -0.197. The second-order valence-corrected chi connectivity index (χ2v) is 6.07. The number of nitrogens with one attached hydrogen (secondary N) is 1. The van der Waals surface area contributed by atoms with Gasteiger partial charge in [-0.25, -0.2) is 0 Å². The van der Waals surface area contributed by atoms with Gasteiger partial charge in [0, 0.05) is 30.0 Å². The van der Waals surface area contributed by atoms with Crippen molar-refractivity contribution in [1.82, 2.24) is 5.32 Å². The number of rotatable bonds is 6. The molecule has 1 fully saturated rings. The van der Waals surface area contributed by atoms with Gasteiger partial charge < -0.3 is 10.4 Å². The summed E-state index contributed by atoms with van der Waals surface area (Å²) in [7, 11) is 0. The third kappa shape index (κ3) is 4.83. The van der Waals surface area contributed by atoms with E-state index in [-0.39, 0.29) is 31.1 Å². The minimum absolute atomic E-state index is 0.0820. The Labute approximate surface area is 129 Å². The second kappa shape index (κ2) is 7.05. The lowest BCUT2D eigenvalue weighted by molar-refractivity contribution is -0.122. The molecule has 0 aliphatic heterocycles. The predicted octanol–water partition coefficient (Wildman–Crippen LogP) is 2.72. The predicted molar refractivity (Wildman–Crippen MR) is 81.4 cm³/mol. The summed E-state index contributed by atoms with van der Waals surface area (Å²) in [4.78, 5) is 23.6. The highest BCUT2D eigenvalue weighted by Crippen LogP contribution is 2.28. The maximum atomic E-state index is 11.9. The van der Waals surface area contributed by atoms with Crippen LogP contribution in [-0.4, -0.2) is 28.9 Å². The highest BCUT2D eigenvalue weighted by molar-refractivity contribution is 6.30. The van der Waals surface area contributed by atoms with Gasteiger partial charge in [0.05, 0.1) is 5.60 Å². The summed E-state index contributed by atoms with van der Waals surface area (Å²) < 4.78 is 0. The second-order valence-electron chi connectivity index (χ2n) is 5.64. The Bertz CT molecular complexity index is 507. The van der Waals surface area contributed by atoms with E-state index in [0.29, 0.717) is 10.6 Å². The lowest BCUT2D eigenvalue weighted by atomic mass is 10.0. The number of aliphatic hydroxyl groups is 1. The number of carbonyl (C=O) groups is 2. The average molecular weight is 310 g/mol. The number of amides is 1. The van der Waals surface area contributed by atoms with Crippen molar-refractivity contribution in [2.24, 2.45) is 0 Å². The molecule has 2 N–H and O–H groups in total. The molecule has 0 heterocycles. The monoisotopic (exact) mass is 309 g/mol. The van der Waals surface area contributed by atoms with E-state index in [9.17, 15) is 14.7 Å². The number of ketones is 1. The molecular weight excluding hydrogens is 290 g/mol. The van der Waals surface area contributed by atoms with Crippen molar-refractivity contribution in [3.63, 3.8) is 0 Å². The minimum Gasteiger partial charge on any atom is -0.388 e. The molecule has 0 radical (unpaired) electrons. The smallest absolute Gasteiger partial charge is 0.220 e. The Morgan fingerprint density at radius 1 is 1.14 bits per heavy atom. The van der Waals surface area contributed by atoms with E-state index in [2.05, 4.69) is 5.32 Å². The van der Waals surface area contributed by atoms with E-state index in [1.807, 2.05) is 0 Å². The number of halogens is 1. The van der Waals surface area contributed by atoms with Gasteiger partial charge >= 0.3 is 0 Å². The third-order valence-corrected chi connectivity index (χ3v) is 4.15. The zero-order chi connectivity index (χ0) is 15.3. The van der Waals surface area contributed by atoms with Crippen molar-refractivity contribution in [3.05, 3.63) is 34.9 Å². The number of carbonyl (C=O) groups excluding carboxylic acids is 2. The molecule has 1 amide bonds. The molecule has 21 heavy (non-hydrogen) atoms. The van der Waals surface area contributed by atoms with Gasteiger partial charge in [0.25, 0.3) is 0 Å². The summed E-state index contributed by atoms with van der Waals surface area (Å²) in [6.07, 6.45) is 3.76. The van der Waals surface area contributed by atoms with Crippen molar-refractivity contribution >= 4 is 23.3 Å². The maximum Gasteiger partial charge on any atom is 0.220 e. The molecule has 4 nitrogen and oxygen atoms in total. The fourth-order valence-corrected chi connectivity index (χ4v) is 2.69. The molecule has 0 bridgehead atoms. The fraction of sp³-hybridized carbons (Fsp3) is 0.500. The number of Topliss-reactive ketones (excluding diaryl/α,β-unsaturated/α-hetero) is 1. The van der Waals surface area contributed by atoms with Crippen LogP contribution in [0.1, 0.15) is 48.9 Å². The molecule has 1 aromatic carbocycles. The first-order valence-electron chi connectivity index (χ1n) is 7.26. The van der Waals surface area contributed by atoms with Crippen LogP contribution in [0, 0.1) is 0 Å². The van der Waals surface area contributed by atoms with E-state index >= 15 is 0 Å². The SMILES string of the molecule is O=C(CCC(=O)c1ccc(Cl)cc1)NCC1(O)CCCC1. The van der Waals surface area contributed by atoms with E-state index in [0.717, 1.165) is 25.7 Å². The number of hydrogen-bond donors (Lipinski definition) is 2. The van der Waals surface area contributed by atoms with Crippen molar-refractivity contribution in [2.45, 2.75) is 44.1 Å². The standard InChI is InChI=1S/C16H20ClNO3/c17-13-5-3-12(4-6-13)14(19)7-8-15(20)18-11-16(21)9-1-2-10-16/h3-6,21H,1-2,7-11H2,(H,18,20). The van der Waals surface area contributed by atoms with Crippen molar-refractivity contribution in [1.29, 1.82) is 0 Å². The van der Waals surface area contributed by atoms with Crippen LogP contribution in [0.15, 0.2) is 24.3 Å². The first kappa shape index (κ1) is 16.0. The maximum absolute atomic E-state index is 11.9. The molecule has 5 heteroatoms. The van der Waals surface area contributed by atoms with Crippen LogP contribution in [0.3, 0.4) is 0 Å². The first-order valence-corrected chi connectivity index (χ1v) is 7.64. The Balaban J connectivity index is 1.73. The lowest BCUT2D eigenvalue weighted by Gasteiger charge is -2.22. The molecule has 0 atom stereocenters. The van der Waals surface area contributed by atoms with E-state index in [4.69, 9.17) is 11.6 Å². The normalized spacial score (nSPS) is 16.7. The van der Waals surface area contributed by atoms with E-state index in [1.54, 1.807) is 24.3 Å². The van der Waals surface area contributed by atoms with Crippen LogP contribution in [0.4, 0.5) is 0 Å². The summed E-state index contributed by atoms with van der Waals surface area (Å²) in [5, 5.41) is 13.4. The van der Waals surface area contributed by atoms with Gasteiger partial charge in [-0.1, -0.05) is 24.4 Å². The molecule has 0 unspecified atom stereocenters. The highest BCUT2D eigenvalue weighted by Gasteiger charge is 2.31. The van der Waals surface area contributed by atoms with Gasteiger partial charge in [-0.05, 0) is 37.1 Å². The Kier molecular flexibility index (Phi) is 5.37. The van der Waals surface area contributed by atoms with Crippen molar-refractivity contribution in [3.8, 4) is 0 Å². The summed E-state index contributed by atoms with van der Waals surface area (Å²) in [5.74, 6) is -0.279. The fourth-order valence-electron chi connectivity index (χ4n) is 2.57. The minimum atomic E-state index is -0.754. The van der Waals surface area contributed by atoms with E-state index < -0.39 is 5.60 Å². The topological polar surface area (TPSA) is 66.4 Å². The Morgan fingerprint density at radius 3 is 2.38 bits per heavy atom. The summed E-state index contributed by atoms with van der Waals surface area (Å²) >= 11 is 5.76. The molecule has 0 saturated heterocycles. The van der Waals surface area contributed by atoms with Gasteiger partial charge in [0.15, 0.2) is 5.78 Å². The zero-order valence-corrected chi connectivity index (χ0v) is 12.7. The highest BCUT2D eigenvalue weighted by atomic mass is 35.5. The molecular formula is C16H20ClNO3. The van der Waals surface area contributed by atoms with Crippen molar-refractivity contribution in [2.75, 3.05) is 6.54 Å². The first-order chi connectivity index (χ1) is 9.98. The number of benzene rings is 1. The van der Waals surface area contributed by atoms with Gasteiger partial charge in [-0.2, -0.15) is 0 Å². The van der Waals surface area contributed by atoms with Crippen LogP contribution >= 0.6 is 11.6 Å². The molecule has 1 aliphatic rings. The van der Waals surface area contributed by atoms with Crippen LogP contribution in [0.5, 0.6) is 0 Å². The number of hydrogen-bond acceptors (Lipinski definition) is 3. The largest absolute Gasteiger partial charge is 0.388 e. The molecule has 1 aliphatic carbocycles. The summed E-state index contributed by atoms with van der Waals surface area (Å²) in [6.45, 7) is 0.279. The molecule has 114 valence electrons. The molecule has 2 rings (SSSR count). The molecule has 1 aromatic rings. The quantitative estimate of drug-likeness (QED) is 0.794. The Hall–Kier alpha value is -1.39. The van der Waals surface area contributed by atoms with Crippen LogP contribution in [0.25, 0.3) is 0 Å². The summed E-state index contributed by atoms with van der Waals surface area (Å²) in [6, 6.07) is 6.63. The molecule has 0 spiro atoms. The molecule has 1 saturated carbocycles.